The minimum Gasteiger partial charge on any atom is -0.335 e. The zero-order valence-electron chi connectivity index (χ0n) is 19.8. The number of piperidine rings is 1. The summed E-state index contributed by atoms with van der Waals surface area (Å²) in [6, 6.07) is 6.01. The molecular formula is C24H30N6O3S. The molecule has 0 atom stereocenters. The average Bonchev–Trinajstić information content (AvgIpc) is 3.30. The highest BCUT2D eigenvalue weighted by molar-refractivity contribution is 7.07. The van der Waals surface area contributed by atoms with Gasteiger partial charge < -0.3 is 9.80 Å². The van der Waals surface area contributed by atoms with Gasteiger partial charge in [-0.05, 0) is 60.7 Å². The number of urea groups is 1. The summed E-state index contributed by atoms with van der Waals surface area (Å²) in [5.74, 6) is -0.0173. The number of aryl methyl sites for hydroxylation is 2. The van der Waals surface area contributed by atoms with Crippen LogP contribution in [0.5, 0.6) is 0 Å². The minimum atomic E-state index is -0.214. The second-order valence-electron chi connectivity index (χ2n) is 8.90. The number of aromatic nitrogens is 1. The van der Waals surface area contributed by atoms with Crippen molar-refractivity contribution in [3.63, 3.8) is 0 Å². The fraction of sp³-hybridized carbons (Fsp3) is 0.500. The number of hydrogen-bond acceptors (Lipinski definition) is 7. The van der Waals surface area contributed by atoms with E-state index >= 15 is 0 Å². The second kappa shape index (κ2) is 10.5. The Morgan fingerprint density at radius 1 is 1.32 bits per heavy atom. The topological polar surface area (TPSA) is 102 Å². The number of rotatable bonds is 6. The maximum absolute atomic E-state index is 13.0. The first-order valence-corrected chi connectivity index (χ1v) is 12.4. The molecule has 2 aliphatic rings. The van der Waals surface area contributed by atoms with Crippen LogP contribution in [0.3, 0.4) is 0 Å². The third-order valence-electron chi connectivity index (χ3n) is 6.71. The molecule has 0 spiro atoms. The molecule has 2 aliphatic heterocycles. The van der Waals surface area contributed by atoms with Crippen molar-refractivity contribution < 1.29 is 14.4 Å². The number of nitrogens with zero attached hydrogens (tertiary/aromatic N) is 5. The predicted octanol–water partition coefficient (Wildman–Crippen LogP) is 2.69. The summed E-state index contributed by atoms with van der Waals surface area (Å²) in [5, 5.41) is 13.2. The molecular weight excluding hydrogens is 452 g/mol. The number of thiophene rings is 1. The summed E-state index contributed by atoms with van der Waals surface area (Å²) in [5.41, 5.74) is 5.92. The monoisotopic (exact) mass is 482 g/mol. The molecule has 180 valence electrons. The van der Waals surface area contributed by atoms with Gasteiger partial charge in [-0.2, -0.15) is 16.6 Å². The van der Waals surface area contributed by atoms with Crippen molar-refractivity contribution in [2.75, 3.05) is 33.3 Å². The van der Waals surface area contributed by atoms with Crippen LogP contribution in [0.15, 0.2) is 22.9 Å². The number of hydroxylamine groups is 1. The third-order valence-corrected chi connectivity index (χ3v) is 7.45. The number of nitrogens with one attached hydrogen (secondary N) is 1. The van der Waals surface area contributed by atoms with E-state index in [2.05, 4.69) is 20.7 Å². The van der Waals surface area contributed by atoms with Crippen LogP contribution in [0, 0.1) is 25.2 Å². The van der Waals surface area contributed by atoms with Crippen LogP contribution in [0.25, 0.3) is 0 Å². The Morgan fingerprint density at radius 3 is 2.65 bits per heavy atom. The highest BCUT2D eigenvalue weighted by Crippen LogP contribution is 2.26. The maximum atomic E-state index is 13.0. The molecule has 34 heavy (non-hydrogen) atoms. The molecule has 2 fully saturated rings. The van der Waals surface area contributed by atoms with E-state index in [-0.39, 0.29) is 18.0 Å². The number of carbonyl (C=O) groups is 2. The van der Waals surface area contributed by atoms with E-state index in [1.807, 2.05) is 34.2 Å². The van der Waals surface area contributed by atoms with Crippen molar-refractivity contribution in [1.82, 2.24) is 25.2 Å². The smallest absolute Gasteiger partial charge is 0.335 e. The van der Waals surface area contributed by atoms with Crippen molar-refractivity contribution in [2.45, 2.75) is 45.3 Å². The van der Waals surface area contributed by atoms with Gasteiger partial charge in [0.2, 0.25) is 0 Å². The molecule has 0 aromatic carbocycles. The lowest BCUT2D eigenvalue weighted by atomic mass is 9.97. The predicted molar refractivity (Wildman–Crippen MR) is 128 cm³/mol. The van der Waals surface area contributed by atoms with Gasteiger partial charge in [0.05, 0.1) is 18.4 Å². The zero-order valence-corrected chi connectivity index (χ0v) is 20.6. The van der Waals surface area contributed by atoms with Crippen molar-refractivity contribution in [1.29, 1.82) is 5.26 Å². The summed E-state index contributed by atoms with van der Waals surface area (Å²) in [4.78, 5) is 40.9. The Balaban J connectivity index is 1.32. The van der Waals surface area contributed by atoms with Crippen molar-refractivity contribution >= 4 is 23.3 Å². The maximum Gasteiger partial charge on any atom is 0.341 e. The van der Waals surface area contributed by atoms with Gasteiger partial charge >= 0.3 is 6.03 Å². The number of amides is 3. The van der Waals surface area contributed by atoms with Gasteiger partial charge in [-0.1, -0.05) is 0 Å². The first-order valence-electron chi connectivity index (χ1n) is 11.4. The first kappa shape index (κ1) is 24.1. The molecule has 1 N–H and O–H groups in total. The molecule has 0 radical (unpaired) electrons. The Labute approximate surface area is 203 Å². The van der Waals surface area contributed by atoms with Gasteiger partial charge in [0, 0.05) is 44.8 Å². The Morgan fingerprint density at radius 2 is 2.06 bits per heavy atom. The molecule has 4 heterocycles. The van der Waals surface area contributed by atoms with E-state index in [4.69, 9.17) is 10.1 Å². The summed E-state index contributed by atoms with van der Waals surface area (Å²) in [6.45, 7) is 7.34. The van der Waals surface area contributed by atoms with Crippen LogP contribution >= 0.6 is 11.3 Å². The van der Waals surface area contributed by atoms with Crippen molar-refractivity contribution in [3.8, 4) is 6.07 Å². The lowest BCUT2D eigenvalue weighted by molar-refractivity contribution is 0.00706. The van der Waals surface area contributed by atoms with Crippen LogP contribution in [0.4, 0.5) is 4.79 Å². The van der Waals surface area contributed by atoms with Gasteiger partial charge in [-0.25, -0.2) is 15.3 Å². The highest BCUT2D eigenvalue weighted by atomic mass is 32.1. The highest BCUT2D eigenvalue weighted by Gasteiger charge is 2.38. The summed E-state index contributed by atoms with van der Waals surface area (Å²) >= 11 is 1.62. The van der Waals surface area contributed by atoms with Gasteiger partial charge in [-0.3, -0.25) is 14.5 Å². The van der Waals surface area contributed by atoms with E-state index in [0.29, 0.717) is 42.6 Å². The molecule has 2 aromatic rings. The molecule has 9 nitrogen and oxygen atoms in total. The number of likely N-dealkylation sites (tertiary alicyclic amines) is 2. The summed E-state index contributed by atoms with van der Waals surface area (Å²) < 4.78 is 0. The molecule has 10 heteroatoms. The fourth-order valence-electron chi connectivity index (χ4n) is 4.88. The molecule has 3 amide bonds. The van der Waals surface area contributed by atoms with Crippen LogP contribution in [0.1, 0.15) is 45.7 Å². The van der Waals surface area contributed by atoms with Crippen LogP contribution in [-0.2, 0) is 11.4 Å². The van der Waals surface area contributed by atoms with Crippen molar-refractivity contribution in [2.24, 2.45) is 0 Å². The minimum absolute atomic E-state index is 0.0173. The lowest BCUT2D eigenvalue weighted by Gasteiger charge is -2.48. The Bertz CT molecular complexity index is 1050. The molecule has 2 aromatic heterocycles. The number of carbonyl (C=O) groups excluding carboxylic acids is 2. The quantitative estimate of drug-likeness (QED) is 0.636. The van der Waals surface area contributed by atoms with Crippen LogP contribution in [-0.4, -0.2) is 77.0 Å². The van der Waals surface area contributed by atoms with E-state index < -0.39 is 0 Å². The Kier molecular flexibility index (Phi) is 7.46. The van der Waals surface area contributed by atoms with E-state index in [9.17, 15) is 9.59 Å². The van der Waals surface area contributed by atoms with Gasteiger partial charge in [-0.15, -0.1) is 0 Å². The molecule has 0 aliphatic carbocycles. The van der Waals surface area contributed by atoms with Gasteiger partial charge in [0.15, 0.2) is 0 Å². The lowest BCUT2D eigenvalue weighted by Crippen LogP contribution is -2.63. The zero-order chi connectivity index (χ0) is 24.2. The average molecular weight is 483 g/mol. The second-order valence-corrected chi connectivity index (χ2v) is 9.68. The molecule has 0 bridgehead atoms. The van der Waals surface area contributed by atoms with E-state index in [1.165, 1.54) is 7.11 Å². The SMILES string of the molecule is CONC(=O)N(Cc1ccsc1)C1CCN(C2CN(C(=O)c3c(C)cc(C#N)nc3C)C2)CC1. The molecule has 2 saturated heterocycles. The molecule has 4 rings (SSSR count). The normalized spacial score (nSPS) is 17.2. The number of nitriles is 1. The van der Waals surface area contributed by atoms with Gasteiger partial charge in [0.1, 0.15) is 11.8 Å². The molecule has 0 unspecified atom stereocenters. The summed E-state index contributed by atoms with van der Waals surface area (Å²) in [7, 11) is 1.45. The first-order chi connectivity index (χ1) is 16.4. The van der Waals surface area contributed by atoms with Crippen LogP contribution < -0.4 is 5.48 Å². The Hall–Kier alpha value is -3.00. The van der Waals surface area contributed by atoms with E-state index in [1.54, 1.807) is 24.3 Å². The van der Waals surface area contributed by atoms with Crippen molar-refractivity contribution in [3.05, 3.63) is 51.0 Å². The number of pyridine rings is 1. The fourth-order valence-corrected chi connectivity index (χ4v) is 5.54. The third kappa shape index (κ3) is 5.06. The van der Waals surface area contributed by atoms with Gasteiger partial charge in [0.25, 0.3) is 5.91 Å². The molecule has 0 saturated carbocycles. The van der Waals surface area contributed by atoms with E-state index in [0.717, 1.165) is 37.1 Å². The van der Waals surface area contributed by atoms with Crippen LogP contribution in [0.2, 0.25) is 0 Å². The standard InChI is InChI=1S/C24H30N6O3S/c1-16-10-19(11-25)26-17(2)22(16)23(31)29-13-21(14-29)28-7-4-20(5-8-28)30(24(32)27-33-3)12-18-6-9-34-15-18/h6,9-10,15,20-21H,4-5,7-8,12-14H2,1-3H3,(H,27,32). The number of hydrogen-bond donors (Lipinski definition) is 1. The largest absolute Gasteiger partial charge is 0.341 e. The summed E-state index contributed by atoms with van der Waals surface area (Å²) in [6.07, 6.45) is 1.76.